The van der Waals surface area contributed by atoms with Gasteiger partial charge in [-0.2, -0.15) is 5.21 Å². The number of nitrogens with one attached hydrogen (secondary N) is 3. The van der Waals surface area contributed by atoms with Crippen molar-refractivity contribution in [2.24, 2.45) is 22.3 Å². The van der Waals surface area contributed by atoms with E-state index in [9.17, 15) is 21.6 Å². The Balaban J connectivity index is 2.23. The number of hydrogen-bond donors (Lipinski definition) is 7. The molecule has 1 amide bonds. The lowest BCUT2D eigenvalue weighted by molar-refractivity contribution is -0.117. The van der Waals surface area contributed by atoms with Crippen LogP contribution in [0.4, 0.5) is 5.69 Å². The highest BCUT2D eigenvalue weighted by molar-refractivity contribution is 7.92. The summed E-state index contributed by atoms with van der Waals surface area (Å²) in [6, 6.07) is 7.30. The van der Waals surface area contributed by atoms with Crippen molar-refractivity contribution in [3.05, 3.63) is 36.4 Å². The molecule has 0 aliphatic heterocycles. The molecular weight excluding hydrogens is 500 g/mol. The Hall–Kier alpha value is -3.32. The van der Waals surface area contributed by atoms with Gasteiger partial charge in [-0.25, -0.2) is 26.7 Å². The summed E-state index contributed by atoms with van der Waals surface area (Å²) < 4.78 is 52.1. The van der Waals surface area contributed by atoms with Crippen molar-refractivity contribution in [2.75, 3.05) is 25.0 Å². The van der Waals surface area contributed by atoms with Gasteiger partial charge in [-0.15, -0.1) is 10.2 Å². The Labute approximate surface area is 200 Å². The van der Waals surface area contributed by atoms with Crippen LogP contribution < -0.4 is 32.4 Å². The second-order valence-electron chi connectivity index (χ2n) is 7.19. The normalized spacial score (nSPS) is 12.9. The molecule has 0 unspecified atom stereocenters. The molecule has 3 rings (SSSR count). The summed E-state index contributed by atoms with van der Waals surface area (Å²) in [6.07, 6.45) is 0. The number of amides is 1. The van der Waals surface area contributed by atoms with E-state index in [-0.39, 0.29) is 42.3 Å². The number of carbonyl (C=O) groups excluding carboxylic acids is 1. The first kappa shape index (κ1) is 26.3. The number of anilines is 1. The topological polar surface area (TPSA) is 268 Å². The van der Waals surface area contributed by atoms with Crippen LogP contribution in [0.2, 0.25) is 0 Å². The molecule has 0 fully saturated rings. The fourth-order valence-corrected chi connectivity index (χ4v) is 5.56. The lowest BCUT2D eigenvalue weighted by Gasteiger charge is -2.17. The van der Waals surface area contributed by atoms with Crippen molar-refractivity contribution < 1.29 is 21.6 Å². The maximum atomic E-state index is 12.6. The molecule has 0 aliphatic rings. The van der Waals surface area contributed by atoms with Gasteiger partial charge in [0.2, 0.25) is 31.8 Å². The van der Waals surface area contributed by atoms with Crippen LogP contribution in [0, 0.1) is 0 Å². The fourth-order valence-electron chi connectivity index (χ4n) is 3.13. The molecule has 11 N–H and O–H groups in total. The van der Waals surface area contributed by atoms with Gasteiger partial charge in [-0.05, 0) is 34.5 Å². The van der Waals surface area contributed by atoms with Crippen LogP contribution in [0.15, 0.2) is 46.2 Å². The van der Waals surface area contributed by atoms with Crippen molar-refractivity contribution in [1.82, 2.24) is 25.3 Å². The van der Waals surface area contributed by atoms with E-state index in [1.54, 1.807) is 18.2 Å². The molecule has 17 heteroatoms. The summed E-state index contributed by atoms with van der Waals surface area (Å²) >= 11 is 0. The first-order valence-electron chi connectivity index (χ1n) is 10.00. The summed E-state index contributed by atoms with van der Waals surface area (Å²) in [6.45, 7) is -0.208. The van der Waals surface area contributed by atoms with Crippen molar-refractivity contribution in [3.63, 3.8) is 0 Å². The monoisotopic (exact) mass is 524 g/mol. The van der Waals surface area contributed by atoms with E-state index in [1.165, 1.54) is 6.07 Å². The Kier molecular flexibility index (Phi) is 7.90. The summed E-state index contributed by atoms with van der Waals surface area (Å²) in [4.78, 5) is 11.2. The first-order chi connectivity index (χ1) is 16.5. The number of hydrogen-bond acceptors (Lipinski definition) is 11. The van der Waals surface area contributed by atoms with E-state index in [0.717, 1.165) is 12.1 Å². The van der Waals surface area contributed by atoms with Crippen LogP contribution in [-0.4, -0.2) is 69.0 Å². The molecule has 35 heavy (non-hydrogen) atoms. The van der Waals surface area contributed by atoms with Crippen LogP contribution in [0.25, 0.3) is 22.5 Å². The van der Waals surface area contributed by atoms with Crippen LogP contribution in [-0.2, 0) is 24.8 Å². The molecule has 0 saturated carbocycles. The highest BCUT2D eigenvalue weighted by Crippen LogP contribution is 2.37. The molecule has 1 aromatic heterocycles. The second kappa shape index (κ2) is 10.5. The molecule has 2 aromatic carbocycles. The van der Waals surface area contributed by atoms with Gasteiger partial charge in [0.15, 0.2) is 0 Å². The summed E-state index contributed by atoms with van der Waals surface area (Å²) in [7, 11) is -8.72. The van der Waals surface area contributed by atoms with Crippen molar-refractivity contribution in [1.29, 1.82) is 0 Å². The average Bonchev–Trinajstić information content (AvgIpc) is 3.35. The molecule has 188 valence electrons. The predicted octanol–water partition coefficient (Wildman–Crippen LogP) is -2.36. The zero-order valence-corrected chi connectivity index (χ0v) is 19.8. The summed E-state index contributed by atoms with van der Waals surface area (Å²) in [5, 5.41) is 21.7. The molecule has 1 atom stereocenters. The van der Waals surface area contributed by atoms with Gasteiger partial charge in [0.25, 0.3) is 0 Å². The third kappa shape index (κ3) is 5.85. The highest BCUT2D eigenvalue weighted by Gasteiger charge is 2.26. The third-order valence-corrected chi connectivity index (χ3v) is 7.37. The largest absolute Gasteiger partial charge is 0.329 e. The maximum absolute atomic E-state index is 12.6. The van der Waals surface area contributed by atoms with Gasteiger partial charge in [-0.3, -0.25) is 4.79 Å². The first-order valence-corrected chi connectivity index (χ1v) is 13.0. The summed E-state index contributed by atoms with van der Waals surface area (Å²) in [5.74, 6) is -0.511. The number of tetrazole rings is 1. The lowest BCUT2D eigenvalue weighted by atomic mass is 9.97. The standard InChI is InChI=1S/C18H24N10O5S2/c19-6-7-23-35(32,33)14-5-4-10(8-15(14)34(22,30)31)11-2-1-3-13(24-18(29)12(21)9-20)16(11)17-25-27-28-26-17/h1-5,8,12,23H,6-7,9,19-21H2,(H,24,29)(H2,22,30,31)(H,25,26,27,28)/t12-/m0/s1. The number of H-pyrrole nitrogens is 1. The number of benzene rings is 2. The molecule has 3 aromatic rings. The van der Waals surface area contributed by atoms with Crippen LogP contribution in [0.3, 0.4) is 0 Å². The Morgan fingerprint density at radius 3 is 2.43 bits per heavy atom. The van der Waals surface area contributed by atoms with E-state index < -0.39 is 41.8 Å². The quantitative estimate of drug-likeness (QED) is 0.147. The molecule has 1 heterocycles. The number of aromatic nitrogens is 4. The molecule has 0 aliphatic carbocycles. The minimum absolute atomic E-state index is 0.00239. The maximum Gasteiger partial charge on any atom is 0.242 e. The van der Waals surface area contributed by atoms with E-state index in [2.05, 4.69) is 30.7 Å². The molecule has 0 radical (unpaired) electrons. The molecule has 0 bridgehead atoms. The third-order valence-electron chi connectivity index (χ3n) is 4.77. The number of primary sulfonamides is 1. The van der Waals surface area contributed by atoms with Gasteiger partial charge >= 0.3 is 0 Å². The molecule has 0 saturated heterocycles. The van der Waals surface area contributed by atoms with Gasteiger partial charge in [-0.1, -0.05) is 18.2 Å². The Morgan fingerprint density at radius 2 is 1.83 bits per heavy atom. The lowest BCUT2D eigenvalue weighted by Crippen LogP contribution is -2.41. The van der Waals surface area contributed by atoms with E-state index in [0.29, 0.717) is 5.56 Å². The van der Waals surface area contributed by atoms with Gasteiger partial charge in [0, 0.05) is 19.6 Å². The Bertz CT molecular complexity index is 1430. The minimum atomic E-state index is -4.48. The summed E-state index contributed by atoms with van der Waals surface area (Å²) in [5.41, 5.74) is 17.6. The molecule has 15 nitrogen and oxygen atoms in total. The van der Waals surface area contributed by atoms with E-state index in [4.69, 9.17) is 22.3 Å². The fraction of sp³-hybridized carbons (Fsp3) is 0.222. The number of nitrogens with two attached hydrogens (primary N) is 4. The smallest absolute Gasteiger partial charge is 0.242 e. The second-order valence-corrected chi connectivity index (χ2v) is 10.5. The number of sulfonamides is 2. The van der Waals surface area contributed by atoms with Crippen LogP contribution >= 0.6 is 0 Å². The number of rotatable bonds is 10. The average molecular weight is 525 g/mol. The van der Waals surface area contributed by atoms with Gasteiger partial charge in [0.05, 0.1) is 17.3 Å². The van der Waals surface area contributed by atoms with Gasteiger partial charge in [0.1, 0.15) is 9.79 Å². The Morgan fingerprint density at radius 1 is 1.09 bits per heavy atom. The van der Waals surface area contributed by atoms with E-state index >= 15 is 0 Å². The molecular formula is C18H24N10O5S2. The van der Waals surface area contributed by atoms with Crippen LogP contribution in [0.5, 0.6) is 0 Å². The number of aromatic amines is 1. The van der Waals surface area contributed by atoms with Crippen molar-refractivity contribution >= 4 is 31.6 Å². The SMILES string of the molecule is NCCNS(=O)(=O)c1ccc(-c2cccc(NC(=O)[C@@H](N)CN)c2-c2nn[nH]n2)cc1S(N)(=O)=O. The van der Waals surface area contributed by atoms with Crippen LogP contribution in [0.1, 0.15) is 0 Å². The van der Waals surface area contributed by atoms with Crippen molar-refractivity contribution in [2.45, 2.75) is 15.8 Å². The highest BCUT2D eigenvalue weighted by atomic mass is 32.2. The molecule has 0 spiro atoms. The minimum Gasteiger partial charge on any atom is -0.329 e. The van der Waals surface area contributed by atoms with Gasteiger partial charge < -0.3 is 22.5 Å². The van der Waals surface area contributed by atoms with Crippen molar-refractivity contribution in [3.8, 4) is 22.5 Å². The van der Waals surface area contributed by atoms with E-state index in [1.807, 2.05) is 0 Å². The zero-order chi connectivity index (χ0) is 25.8. The number of nitrogens with zero attached hydrogens (tertiary/aromatic N) is 3. The number of carbonyl (C=O) groups is 1. The zero-order valence-electron chi connectivity index (χ0n) is 18.2. The predicted molar refractivity (Wildman–Crippen MR) is 126 cm³/mol.